The van der Waals surface area contributed by atoms with E-state index in [4.69, 9.17) is 10.0 Å². The Morgan fingerprint density at radius 1 is 0.420 bits per heavy atom. The summed E-state index contributed by atoms with van der Waals surface area (Å²) in [6.45, 7) is 0. The molecule has 0 spiro atoms. The summed E-state index contributed by atoms with van der Waals surface area (Å²) in [5.41, 5.74) is 14.5. The second kappa shape index (κ2) is 13.9. The highest BCUT2D eigenvalue weighted by Gasteiger charge is 2.21. The molecule has 0 aromatic heterocycles. The third-order valence-corrected chi connectivity index (χ3v) is 10.2. The molecule has 0 heterocycles. The zero-order valence-corrected chi connectivity index (χ0v) is 29.0. The van der Waals surface area contributed by atoms with Crippen molar-refractivity contribution >= 4 is 50.1 Å². The lowest BCUT2D eigenvalue weighted by Gasteiger charge is -2.09. The van der Waals surface area contributed by atoms with Crippen molar-refractivity contribution in [2.24, 2.45) is 0 Å². The molecule has 2 nitrogen and oxygen atoms in total. The van der Waals surface area contributed by atoms with Crippen molar-refractivity contribution in [2.45, 2.75) is 12.8 Å². The van der Waals surface area contributed by atoms with Crippen LogP contribution in [0, 0.1) is 0 Å². The van der Waals surface area contributed by atoms with Crippen molar-refractivity contribution in [1.29, 1.82) is 0 Å². The van der Waals surface area contributed by atoms with Gasteiger partial charge in [0.15, 0.2) is 0 Å². The summed E-state index contributed by atoms with van der Waals surface area (Å²) in [6, 6.07) is 59.2. The minimum atomic E-state index is -1.34. The van der Waals surface area contributed by atoms with Crippen LogP contribution in [-0.2, 0) is 12.8 Å². The minimum Gasteiger partial charge on any atom is -0.423 e. The molecule has 4 heteroatoms. The van der Waals surface area contributed by atoms with Crippen molar-refractivity contribution in [1.82, 2.24) is 0 Å². The quantitative estimate of drug-likeness (QED) is 0.176. The first kappa shape index (κ1) is 32.0. The van der Waals surface area contributed by atoms with Gasteiger partial charge in [0.25, 0.3) is 0 Å². The van der Waals surface area contributed by atoms with Crippen LogP contribution in [0.2, 0.25) is 0 Å². The van der Waals surface area contributed by atoms with Crippen LogP contribution >= 0.6 is 15.9 Å². The summed E-state index contributed by atoms with van der Waals surface area (Å²) in [5.74, 6) is 0. The molecule has 0 radical (unpaired) electrons. The average Bonchev–Trinajstić information content (AvgIpc) is 3.75. The summed E-state index contributed by atoms with van der Waals surface area (Å²) in [6.07, 6.45) is 2.12. The molecule has 0 aliphatic heterocycles. The number of benzene rings is 8. The van der Waals surface area contributed by atoms with E-state index in [1.165, 1.54) is 77.2 Å². The lowest BCUT2D eigenvalue weighted by molar-refractivity contribution is 0.426. The maximum Gasteiger partial charge on any atom is 0.488 e. The first-order chi connectivity index (χ1) is 24.5. The van der Waals surface area contributed by atoms with Gasteiger partial charge >= 0.3 is 7.12 Å². The van der Waals surface area contributed by atoms with Gasteiger partial charge in [-0.05, 0) is 114 Å². The molecule has 0 fully saturated rings. The fourth-order valence-electron chi connectivity index (χ4n) is 7.33. The normalized spacial score (nSPS) is 11.7. The lowest BCUT2D eigenvalue weighted by atomic mass is 9.81. The molecule has 0 bridgehead atoms. The Kier molecular flexibility index (Phi) is 8.91. The summed E-state index contributed by atoms with van der Waals surface area (Å²) < 4.78 is 1.14. The predicted molar refractivity (Wildman–Crippen MR) is 214 cm³/mol. The van der Waals surface area contributed by atoms with E-state index in [0.29, 0.717) is 5.46 Å². The largest absolute Gasteiger partial charge is 0.488 e. The first-order valence-electron chi connectivity index (χ1n) is 16.9. The summed E-state index contributed by atoms with van der Waals surface area (Å²) in [4.78, 5) is 0. The van der Waals surface area contributed by atoms with Gasteiger partial charge in [-0.3, -0.25) is 0 Å². The van der Waals surface area contributed by atoms with E-state index in [-0.39, 0.29) is 0 Å². The van der Waals surface area contributed by atoms with Gasteiger partial charge in [-0.2, -0.15) is 0 Å². The second-order valence-electron chi connectivity index (χ2n) is 12.8. The summed E-state index contributed by atoms with van der Waals surface area (Å²) in [7, 11) is -1.34. The van der Waals surface area contributed by atoms with Crippen LogP contribution in [-0.4, -0.2) is 17.2 Å². The molecule has 240 valence electrons. The molecule has 10 rings (SSSR count). The van der Waals surface area contributed by atoms with Crippen LogP contribution in [0.5, 0.6) is 0 Å². The molecule has 0 atom stereocenters. The lowest BCUT2D eigenvalue weighted by Crippen LogP contribution is -2.29. The van der Waals surface area contributed by atoms with Gasteiger partial charge in [-0.15, -0.1) is 0 Å². The zero-order chi connectivity index (χ0) is 34.0. The Balaban J connectivity index is 0.000000119. The van der Waals surface area contributed by atoms with Gasteiger partial charge in [-0.25, -0.2) is 0 Å². The fourth-order valence-corrected chi connectivity index (χ4v) is 7.71. The van der Waals surface area contributed by atoms with Crippen molar-refractivity contribution < 1.29 is 10.0 Å². The van der Waals surface area contributed by atoms with E-state index in [2.05, 4.69) is 155 Å². The van der Waals surface area contributed by atoms with Gasteiger partial charge in [0.2, 0.25) is 0 Å². The standard InChI is InChI=1S/C23H16.C17H11Br.C6H7BO2/c1-2-6-16(7-3-1)17-12-13-22-19(14-17)10-11-20-15-18-8-4-5-9-21(18)23(20)22;18-14-7-8-16-12(10-14)5-6-13-9-11-3-1-2-4-15(11)17(13)16;8-7(9)6-4-2-1-3-5-6/h1-14H,15H2;1-8,10H,9H2;1-5,8-9H. The van der Waals surface area contributed by atoms with Crippen molar-refractivity contribution in [3.05, 3.63) is 197 Å². The number of hydrogen-bond acceptors (Lipinski definition) is 2. The molecule has 0 saturated heterocycles. The van der Waals surface area contributed by atoms with Crippen LogP contribution in [0.15, 0.2) is 174 Å². The Morgan fingerprint density at radius 3 is 1.48 bits per heavy atom. The summed E-state index contributed by atoms with van der Waals surface area (Å²) >= 11 is 3.54. The fraction of sp³-hybridized carbons (Fsp3) is 0.0435. The van der Waals surface area contributed by atoms with E-state index in [9.17, 15) is 0 Å². The Morgan fingerprint density at radius 2 is 0.920 bits per heavy atom. The first-order valence-corrected chi connectivity index (χ1v) is 17.7. The molecule has 8 aromatic carbocycles. The highest BCUT2D eigenvalue weighted by molar-refractivity contribution is 9.10. The van der Waals surface area contributed by atoms with E-state index in [0.717, 1.165) is 17.3 Å². The van der Waals surface area contributed by atoms with Gasteiger partial charge in [-0.1, -0.05) is 168 Å². The molecule has 0 saturated carbocycles. The third kappa shape index (κ3) is 6.30. The van der Waals surface area contributed by atoms with Crippen molar-refractivity contribution in [3.63, 3.8) is 0 Å². The maximum atomic E-state index is 8.58. The van der Waals surface area contributed by atoms with E-state index in [1.54, 1.807) is 24.3 Å². The predicted octanol–water partition coefficient (Wildman–Crippen LogP) is 10.6. The van der Waals surface area contributed by atoms with Crippen molar-refractivity contribution in [3.8, 4) is 33.4 Å². The topological polar surface area (TPSA) is 40.5 Å². The van der Waals surface area contributed by atoms with Gasteiger partial charge in [0.1, 0.15) is 0 Å². The maximum absolute atomic E-state index is 8.58. The molecule has 50 heavy (non-hydrogen) atoms. The number of rotatable bonds is 2. The van der Waals surface area contributed by atoms with E-state index >= 15 is 0 Å². The SMILES string of the molecule is Brc1ccc2c3c(ccc2c1)Cc1ccccc1-3.OB(O)c1ccccc1.c1ccc(-c2ccc3c4c(ccc3c2)Cc2ccccc2-4)cc1. The highest BCUT2D eigenvalue weighted by Crippen LogP contribution is 2.43. The van der Waals surface area contributed by atoms with Crippen LogP contribution in [0.3, 0.4) is 0 Å². The number of fused-ring (bicyclic) bond motifs is 10. The molecule has 2 aliphatic carbocycles. The zero-order valence-electron chi connectivity index (χ0n) is 27.4. The smallest absolute Gasteiger partial charge is 0.423 e. The molecule has 8 aromatic rings. The molecule has 2 aliphatic rings. The van der Waals surface area contributed by atoms with Gasteiger partial charge in [0.05, 0.1) is 0 Å². The molecular weight excluding hydrogens is 675 g/mol. The molecule has 0 unspecified atom stereocenters. The molecule has 2 N–H and O–H groups in total. The van der Waals surface area contributed by atoms with Crippen LogP contribution in [0.25, 0.3) is 54.9 Å². The molecular formula is C46H34BBrO2. The summed E-state index contributed by atoms with van der Waals surface area (Å²) in [5, 5.41) is 22.5. The number of halogens is 1. The van der Waals surface area contributed by atoms with Gasteiger partial charge < -0.3 is 10.0 Å². The van der Waals surface area contributed by atoms with Crippen LogP contribution in [0.4, 0.5) is 0 Å². The Labute approximate surface area is 301 Å². The monoisotopic (exact) mass is 708 g/mol. The second-order valence-corrected chi connectivity index (χ2v) is 13.7. The van der Waals surface area contributed by atoms with Crippen molar-refractivity contribution in [2.75, 3.05) is 0 Å². The minimum absolute atomic E-state index is 0.525. The number of hydrogen-bond donors (Lipinski definition) is 2. The Bertz CT molecular complexity index is 2470. The van der Waals surface area contributed by atoms with Crippen LogP contribution < -0.4 is 5.46 Å². The molecule has 0 amide bonds. The van der Waals surface area contributed by atoms with Gasteiger partial charge in [0, 0.05) is 4.47 Å². The third-order valence-electron chi connectivity index (χ3n) is 9.71. The highest BCUT2D eigenvalue weighted by atomic mass is 79.9. The van der Waals surface area contributed by atoms with E-state index in [1.807, 2.05) is 6.07 Å². The van der Waals surface area contributed by atoms with E-state index < -0.39 is 7.12 Å². The average molecular weight is 709 g/mol. The van der Waals surface area contributed by atoms with Crippen LogP contribution in [0.1, 0.15) is 22.3 Å². The Hall–Kier alpha value is -5.26.